The van der Waals surface area contributed by atoms with Crippen molar-refractivity contribution in [1.29, 1.82) is 0 Å². The molecule has 1 aromatic heterocycles. The lowest BCUT2D eigenvalue weighted by molar-refractivity contribution is 0.0698. The summed E-state index contributed by atoms with van der Waals surface area (Å²) in [5.41, 5.74) is 0.925. The first-order valence-corrected chi connectivity index (χ1v) is 6.52. The second kappa shape index (κ2) is 5.64. The summed E-state index contributed by atoms with van der Waals surface area (Å²) in [4.78, 5) is 16.4. The smallest absolute Gasteiger partial charge is 0.337 e. The predicted octanol–water partition coefficient (Wildman–Crippen LogP) is 3.02. The quantitative estimate of drug-likeness (QED) is 0.869. The molecule has 0 aliphatic carbocycles. The number of nitrogens with zero attached hydrogens (tertiary/aromatic N) is 1. The number of anilines is 1. The highest BCUT2D eigenvalue weighted by Crippen LogP contribution is 2.18. The van der Waals surface area contributed by atoms with Gasteiger partial charge in [0, 0.05) is 16.8 Å². The van der Waals surface area contributed by atoms with Gasteiger partial charge in [-0.15, -0.1) is 11.3 Å². The van der Waals surface area contributed by atoms with E-state index < -0.39 is 5.97 Å². The number of hydrogen-bond donors (Lipinski definition) is 2. The largest absolute Gasteiger partial charge is 0.478 e. The third-order valence-electron chi connectivity index (χ3n) is 2.51. The monoisotopic (exact) mass is 262 g/mol. The summed E-state index contributed by atoms with van der Waals surface area (Å²) in [6.45, 7) is 2.66. The van der Waals surface area contributed by atoms with Crippen LogP contribution in [0.15, 0.2) is 30.5 Å². The Morgan fingerprint density at radius 1 is 1.44 bits per heavy atom. The molecule has 0 aliphatic rings. The van der Waals surface area contributed by atoms with Crippen molar-refractivity contribution in [2.75, 3.05) is 5.32 Å². The molecule has 0 spiro atoms. The highest BCUT2D eigenvalue weighted by molar-refractivity contribution is 7.11. The fourth-order valence-corrected chi connectivity index (χ4v) is 2.40. The van der Waals surface area contributed by atoms with Gasteiger partial charge < -0.3 is 10.4 Å². The number of para-hydroxylation sites is 1. The average molecular weight is 262 g/mol. The maximum atomic E-state index is 11.0. The van der Waals surface area contributed by atoms with Crippen LogP contribution in [-0.2, 0) is 13.0 Å². The normalized spacial score (nSPS) is 10.3. The molecular weight excluding hydrogens is 248 g/mol. The van der Waals surface area contributed by atoms with Crippen LogP contribution in [0.3, 0.4) is 0 Å². The first-order chi connectivity index (χ1) is 8.70. The van der Waals surface area contributed by atoms with Gasteiger partial charge in [0.2, 0.25) is 0 Å². The van der Waals surface area contributed by atoms with Gasteiger partial charge in [-0.2, -0.15) is 0 Å². The van der Waals surface area contributed by atoms with E-state index in [9.17, 15) is 4.79 Å². The van der Waals surface area contributed by atoms with Crippen molar-refractivity contribution in [3.63, 3.8) is 0 Å². The summed E-state index contributed by atoms with van der Waals surface area (Å²) in [6.07, 6.45) is 2.76. The first-order valence-electron chi connectivity index (χ1n) is 5.70. The number of rotatable bonds is 5. The molecule has 0 amide bonds. The fourth-order valence-electron chi connectivity index (χ4n) is 1.60. The summed E-state index contributed by atoms with van der Waals surface area (Å²) < 4.78 is 0. The molecule has 5 heteroatoms. The molecule has 18 heavy (non-hydrogen) atoms. The van der Waals surface area contributed by atoms with Crippen molar-refractivity contribution in [1.82, 2.24) is 4.98 Å². The molecule has 0 fully saturated rings. The molecule has 1 aromatic carbocycles. The minimum atomic E-state index is -0.920. The van der Waals surface area contributed by atoms with Crippen LogP contribution in [0, 0.1) is 0 Å². The van der Waals surface area contributed by atoms with Gasteiger partial charge in [0.25, 0.3) is 0 Å². The number of aryl methyl sites for hydroxylation is 1. The molecule has 94 valence electrons. The van der Waals surface area contributed by atoms with E-state index in [2.05, 4.69) is 17.2 Å². The highest BCUT2D eigenvalue weighted by atomic mass is 32.1. The maximum Gasteiger partial charge on any atom is 0.337 e. The number of aromatic carboxylic acids is 1. The van der Waals surface area contributed by atoms with E-state index in [1.54, 1.807) is 29.5 Å². The van der Waals surface area contributed by atoms with E-state index in [-0.39, 0.29) is 5.56 Å². The van der Waals surface area contributed by atoms with Crippen molar-refractivity contribution >= 4 is 23.0 Å². The number of carbonyl (C=O) groups is 1. The van der Waals surface area contributed by atoms with Gasteiger partial charge in [0.15, 0.2) is 0 Å². The molecule has 4 nitrogen and oxygen atoms in total. The van der Waals surface area contributed by atoms with Gasteiger partial charge in [0.05, 0.1) is 17.1 Å². The lowest BCUT2D eigenvalue weighted by atomic mass is 10.2. The van der Waals surface area contributed by atoms with E-state index in [1.165, 1.54) is 0 Å². The minimum absolute atomic E-state index is 0.290. The van der Waals surface area contributed by atoms with E-state index in [0.29, 0.717) is 12.2 Å². The molecule has 1 heterocycles. The standard InChI is InChI=1S/C13H14N2O2S/c1-2-12-15-8-9(18-12)7-14-11-6-4-3-5-10(11)13(16)17/h3-6,8,14H,2,7H2,1H3,(H,16,17). The summed E-state index contributed by atoms with van der Waals surface area (Å²) in [6, 6.07) is 6.90. The second-order valence-corrected chi connectivity index (χ2v) is 4.98. The molecule has 0 radical (unpaired) electrons. The van der Waals surface area contributed by atoms with Crippen LogP contribution >= 0.6 is 11.3 Å². The van der Waals surface area contributed by atoms with Crippen molar-refractivity contribution in [3.05, 3.63) is 45.9 Å². The molecule has 0 unspecified atom stereocenters. The first kappa shape index (κ1) is 12.6. The average Bonchev–Trinajstić information content (AvgIpc) is 2.84. The van der Waals surface area contributed by atoms with Gasteiger partial charge in [-0.25, -0.2) is 9.78 Å². The number of hydrogen-bond acceptors (Lipinski definition) is 4. The topological polar surface area (TPSA) is 62.2 Å². The minimum Gasteiger partial charge on any atom is -0.478 e. The Morgan fingerprint density at radius 3 is 2.89 bits per heavy atom. The number of aromatic nitrogens is 1. The molecule has 2 N–H and O–H groups in total. The number of benzene rings is 1. The Labute approximate surface area is 109 Å². The van der Waals surface area contributed by atoms with E-state index in [0.717, 1.165) is 16.3 Å². The highest BCUT2D eigenvalue weighted by Gasteiger charge is 2.08. The Bertz CT molecular complexity index is 551. The molecule has 0 saturated heterocycles. The Balaban J connectivity index is 2.08. The van der Waals surface area contributed by atoms with Gasteiger partial charge in [-0.05, 0) is 18.6 Å². The Kier molecular flexibility index (Phi) is 3.94. The summed E-state index contributed by atoms with van der Waals surface area (Å²) in [7, 11) is 0. The number of carboxylic acid groups (broad SMARTS) is 1. The lowest BCUT2D eigenvalue weighted by Gasteiger charge is -2.07. The predicted molar refractivity (Wildman–Crippen MR) is 72.2 cm³/mol. The molecule has 2 rings (SSSR count). The van der Waals surface area contributed by atoms with Gasteiger partial charge in [0.1, 0.15) is 0 Å². The summed E-state index contributed by atoms with van der Waals surface area (Å²) in [5.74, 6) is -0.920. The molecule has 0 saturated carbocycles. The molecule has 0 bridgehead atoms. The zero-order valence-corrected chi connectivity index (χ0v) is 10.8. The van der Waals surface area contributed by atoms with Crippen molar-refractivity contribution in [2.45, 2.75) is 19.9 Å². The summed E-state index contributed by atoms with van der Waals surface area (Å²) in [5, 5.41) is 13.3. The van der Waals surface area contributed by atoms with Crippen LogP contribution < -0.4 is 5.32 Å². The van der Waals surface area contributed by atoms with Crippen LogP contribution in [0.4, 0.5) is 5.69 Å². The van der Waals surface area contributed by atoms with E-state index in [1.807, 2.05) is 12.3 Å². The van der Waals surface area contributed by atoms with Crippen LogP contribution in [0.1, 0.15) is 27.2 Å². The molecule has 0 aliphatic heterocycles. The molecule has 2 aromatic rings. The van der Waals surface area contributed by atoms with Gasteiger partial charge in [-0.3, -0.25) is 0 Å². The zero-order chi connectivity index (χ0) is 13.0. The van der Waals surface area contributed by atoms with Crippen LogP contribution in [0.5, 0.6) is 0 Å². The number of nitrogens with one attached hydrogen (secondary N) is 1. The van der Waals surface area contributed by atoms with E-state index in [4.69, 9.17) is 5.11 Å². The molecular formula is C13H14N2O2S. The van der Waals surface area contributed by atoms with Crippen LogP contribution in [0.25, 0.3) is 0 Å². The number of carboxylic acids is 1. The maximum absolute atomic E-state index is 11.0. The Hall–Kier alpha value is -1.88. The third kappa shape index (κ3) is 2.87. The Morgan fingerprint density at radius 2 is 2.22 bits per heavy atom. The van der Waals surface area contributed by atoms with Crippen molar-refractivity contribution < 1.29 is 9.90 Å². The second-order valence-electron chi connectivity index (χ2n) is 3.78. The van der Waals surface area contributed by atoms with Crippen LogP contribution in [-0.4, -0.2) is 16.1 Å². The SMILES string of the molecule is CCc1ncc(CNc2ccccc2C(=O)O)s1. The summed E-state index contributed by atoms with van der Waals surface area (Å²) >= 11 is 1.65. The van der Waals surface area contributed by atoms with Gasteiger partial charge >= 0.3 is 5.97 Å². The fraction of sp³-hybridized carbons (Fsp3) is 0.231. The molecule has 0 atom stereocenters. The van der Waals surface area contributed by atoms with Crippen molar-refractivity contribution in [2.24, 2.45) is 0 Å². The third-order valence-corrected chi connectivity index (χ3v) is 3.66. The van der Waals surface area contributed by atoms with Crippen molar-refractivity contribution in [3.8, 4) is 0 Å². The zero-order valence-electron chi connectivity index (χ0n) is 10.0. The van der Waals surface area contributed by atoms with Crippen LogP contribution in [0.2, 0.25) is 0 Å². The van der Waals surface area contributed by atoms with E-state index >= 15 is 0 Å². The number of thiazole rings is 1. The lowest BCUT2D eigenvalue weighted by Crippen LogP contribution is -2.05. The van der Waals surface area contributed by atoms with Gasteiger partial charge in [-0.1, -0.05) is 19.1 Å².